The molecule has 1 aliphatic rings. The molecule has 10 heteroatoms. The van der Waals surface area contributed by atoms with Crippen molar-refractivity contribution in [3.63, 3.8) is 0 Å². The summed E-state index contributed by atoms with van der Waals surface area (Å²) < 4.78 is 30.6. The molecule has 0 spiro atoms. The van der Waals surface area contributed by atoms with E-state index >= 15 is 0 Å². The van der Waals surface area contributed by atoms with Crippen molar-refractivity contribution < 1.29 is 13.2 Å². The van der Waals surface area contributed by atoms with E-state index in [0.717, 1.165) is 48.3 Å². The Morgan fingerprint density at radius 1 is 0.957 bits per heavy atom. The molecule has 9 nitrogen and oxygen atoms in total. The zero-order chi connectivity index (χ0) is 32.5. The number of fused-ring (bicyclic) bond motifs is 1. The molecule has 6 rings (SSSR count). The molecule has 2 amide bonds. The number of carbonyl (C=O) groups is 1. The standard InChI is InChI=1S/C36H40N6O3S/c1-24-8-14-29(15-9-24)42-33(22-32(41-42)36(2,3)4)40-35(43)39-28-12-10-25(11-13-28)34(26-16-19-37-20-17-26)46(44,45)31-7-5-6-27-23-38-21-18-30(27)31/h5-15,18,21-23,26,34,37H,16-17,19-20H2,1-4H3,(H2,39,40,43). The lowest BCUT2D eigenvalue weighted by Gasteiger charge is -2.31. The summed E-state index contributed by atoms with van der Waals surface area (Å²) in [6.07, 6.45) is 4.83. The van der Waals surface area contributed by atoms with Crippen LogP contribution in [0.5, 0.6) is 0 Å². The second-order valence-corrected chi connectivity index (χ2v) is 15.1. The van der Waals surface area contributed by atoms with Crippen LogP contribution in [-0.4, -0.2) is 42.3 Å². The van der Waals surface area contributed by atoms with E-state index in [1.54, 1.807) is 47.4 Å². The topological polar surface area (TPSA) is 118 Å². The molecule has 1 aliphatic heterocycles. The van der Waals surface area contributed by atoms with Gasteiger partial charge in [0.2, 0.25) is 0 Å². The van der Waals surface area contributed by atoms with Gasteiger partial charge >= 0.3 is 6.03 Å². The summed E-state index contributed by atoms with van der Waals surface area (Å²) in [5.41, 5.74) is 3.86. The second-order valence-electron chi connectivity index (χ2n) is 13.0. The number of sulfone groups is 1. The Kier molecular flexibility index (Phi) is 8.67. The Bertz CT molecular complexity index is 1950. The summed E-state index contributed by atoms with van der Waals surface area (Å²) in [4.78, 5) is 17.7. The Labute approximate surface area is 270 Å². The number of piperidine rings is 1. The normalized spacial score (nSPS) is 15.0. The summed E-state index contributed by atoms with van der Waals surface area (Å²) in [5.74, 6) is 0.495. The molecule has 46 heavy (non-hydrogen) atoms. The number of hydrogen-bond acceptors (Lipinski definition) is 6. The molecule has 1 atom stereocenters. The third-order valence-electron chi connectivity index (χ3n) is 8.59. The lowest BCUT2D eigenvalue weighted by molar-refractivity contribution is 0.262. The highest BCUT2D eigenvalue weighted by Gasteiger charge is 2.37. The van der Waals surface area contributed by atoms with Crippen LogP contribution in [0.2, 0.25) is 0 Å². The van der Waals surface area contributed by atoms with Crippen LogP contribution in [0.15, 0.2) is 96.2 Å². The van der Waals surface area contributed by atoms with Gasteiger partial charge in [-0.25, -0.2) is 17.9 Å². The van der Waals surface area contributed by atoms with Crippen LogP contribution < -0.4 is 16.0 Å². The largest absolute Gasteiger partial charge is 0.324 e. The highest BCUT2D eigenvalue weighted by Crippen LogP contribution is 2.41. The zero-order valence-corrected chi connectivity index (χ0v) is 27.4. The van der Waals surface area contributed by atoms with Gasteiger partial charge in [-0.2, -0.15) is 5.10 Å². The molecule has 1 saturated heterocycles. The van der Waals surface area contributed by atoms with Crippen LogP contribution in [0.4, 0.5) is 16.3 Å². The molecule has 0 radical (unpaired) electrons. The number of benzene rings is 3. The molecule has 5 aromatic rings. The van der Waals surface area contributed by atoms with E-state index in [-0.39, 0.29) is 11.3 Å². The van der Waals surface area contributed by atoms with Crippen LogP contribution >= 0.6 is 0 Å². The van der Waals surface area contributed by atoms with E-state index in [2.05, 4.69) is 41.7 Å². The Morgan fingerprint density at radius 2 is 1.67 bits per heavy atom. The molecule has 1 unspecified atom stereocenters. The van der Waals surface area contributed by atoms with Crippen molar-refractivity contribution in [1.29, 1.82) is 0 Å². The average molecular weight is 637 g/mol. The Balaban J connectivity index is 1.26. The minimum absolute atomic E-state index is 0.0514. The van der Waals surface area contributed by atoms with Crippen molar-refractivity contribution >= 4 is 38.1 Å². The number of urea groups is 1. The summed E-state index contributed by atoms with van der Waals surface area (Å²) in [6, 6.07) is 23.7. The maximum absolute atomic E-state index is 14.4. The number of carbonyl (C=O) groups excluding carboxylic acids is 1. The van der Waals surface area contributed by atoms with Gasteiger partial charge in [0, 0.05) is 40.3 Å². The lowest BCUT2D eigenvalue weighted by Crippen LogP contribution is -2.33. The Morgan fingerprint density at radius 3 is 2.37 bits per heavy atom. The fourth-order valence-corrected chi connectivity index (χ4v) is 8.41. The summed E-state index contributed by atoms with van der Waals surface area (Å²) in [5, 5.41) is 14.8. The monoisotopic (exact) mass is 636 g/mol. The summed E-state index contributed by atoms with van der Waals surface area (Å²) in [7, 11) is -3.77. The van der Waals surface area contributed by atoms with Crippen LogP contribution in [0, 0.1) is 12.8 Å². The highest BCUT2D eigenvalue weighted by atomic mass is 32.2. The van der Waals surface area contributed by atoms with E-state index in [0.29, 0.717) is 27.4 Å². The maximum Gasteiger partial charge on any atom is 0.324 e. The molecule has 3 N–H and O–H groups in total. The van der Waals surface area contributed by atoms with Gasteiger partial charge in [-0.15, -0.1) is 0 Å². The van der Waals surface area contributed by atoms with Crippen molar-refractivity contribution in [2.24, 2.45) is 5.92 Å². The van der Waals surface area contributed by atoms with Crippen molar-refractivity contribution in [2.45, 2.75) is 56.1 Å². The van der Waals surface area contributed by atoms with Gasteiger partial charge in [0.1, 0.15) is 5.82 Å². The van der Waals surface area contributed by atoms with Crippen molar-refractivity contribution in [3.8, 4) is 5.69 Å². The first kappa shape index (κ1) is 31.4. The minimum Gasteiger partial charge on any atom is -0.317 e. The van der Waals surface area contributed by atoms with E-state index in [4.69, 9.17) is 5.10 Å². The third-order valence-corrected chi connectivity index (χ3v) is 10.9. The van der Waals surface area contributed by atoms with Gasteiger partial charge in [0.25, 0.3) is 0 Å². The first-order chi connectivity index (χ1) is 22.0. The number of nitrogens with one attached hydrogen (secondary N) is 3. The predicted octanol–water partition coefficient (Wildman–Crippen LogP) is 7.19. The first-order valence-corrected chi connectivity index (χ1v) is 17.2. The Hall–Kier alpha value is -4.54. The number of nitrogens with zero attached hydrogens (tertiary/aromatic N) is 3. The number of rotatable bonds is 7. The molecule has 0 saturated carbocycles. The van der Waals surface area contributed by atoms with Crippen LogP contribution in [0.3, 0.4) is 0 Å². The number of hydrogen-bond donors (Lipinski definition) is 3. The number of pyridine rings is 1. The number of aromatic nitrogens is 3. The van der Waals surface area contributed by atoms with Gasteiger partial charge in [-0.05, 0) is 80.7 Å². The van der Waals surface area contributed by atoms with Crippen molar-refractivity contribution in [2.75, 3.05) is 23.7 Å². The van der Waals surface area contributed by atoms with Crippen LogP contribution in [-0.2, 0) is 15.3 Å². The zero-order valence-electron chi connectivity index (χ0n) is 26.6. The molecule has 238 valence electrons. The van der Waals surface area contributed by atoms with Gasteiger partial charge in [0.15, 0.2) is 9.84 Å². The quantitative estimate of drug-likeness (QED) is 0.174. The smallest absolute Gasteiger partial charge is 0.317 e. The van der Waals surface area contributed by atoms with Crippen LogP contribution in [0.25, 0.3) is 16.5 Å². The number of amides is 2. The second kappa shape index (κ2) is 12.7. The predicted molar refractivity (Wildman–Crippen MR) is 183 cm³/mol. The molecule has 3 heterocycles. The van der Waals surface area contributed by atoms with E-state index in [1.165, 1.54) is 0 Å². The van der Waals surface area contributed by atoms with Crippen molar-refractivity contribution in [1.82, 2.24) is 20.1 Å². The molecular weight excluding hydrogens is 597 g/mol. The van der Waals surface area contributed by atoms with E-state index in [9.17, 15) is 13.2 Å². The van der Waals surface area contributed by atoms with Crippen LogP contribution in [0.1, 0.15) is 55.7 Å². The van der Waals surface area contributed by atoms with E-state index < -0.39 is 21.1 Å². The summed E-state index contributed by atoms with van der Waals surface area (Å²) in [6.45, 7) is 9.80. The van der Waals surface area contributed by atoms with Gasteiger partial charge in [-0.3, -0.25) is 10.3 Å². The minimum atomic E-state index is -3.77. The molecule has 3 aromatic carbocycles. The number of anilines is 2. The van der Waals surface area contributed by atoms with Gasteiger partial charge in [-0.1, -0.05) is 62.7 Å². The SMILES string of the molecule is Cc1ccc(-n2nc(C(C)(C)C)cc2NC(=O)Nc2ccc(C(C3CCNCC3)S(=O)(=O)c3cccc4cnccc34)cc2)cc1. The fraction of sp³-hybridized carbons (Fsp3) is 0.306. The van der Waals surface area contributed by atoms with Crippen molar-refractivity contribution in [3.05, 3.63) is 108 Å². The molecule has 0 bridgehead atoms. The highest BCUT2D eigenvalue weighted by molar-refractivity contribution is 7.92. The molecule has 2 aromatic heterocycles. The lowest BCUT2D eigenvalue weighted by atomic mass is 9.90. The van der Waals surface area contributed by atoms with Gasteiger partial charge < -0.3 is 10.6 Å². The molecule has 0 aliphatic carbocycles. The summed E-state index contributed by atoms with van der Waals surface area (Å²) >= 11 is 0. The number of aryl methyl sites for hydroxylation is 1. The molecule has 1 fully saturated rings. The average Bonchev–Trinajstić information content (AvgIpc) is 3.47. The fourth-order valence-electron chi connectivity index (χ4n) is 6.08. The van der Waals surface area contributed by atoms with Gasteiger partial charge in [0.05, 0.1) is 21.5 Å². The maximum atomic E-state index is 14.4. The molecular formula is C36H40N6O3S. The third kappa shape index (κ3) is 6.54. The first-order valence-electron chi connectivity index (χ1n) is 15.6. The van der Waals surface area contributed by atoms with E-state index in [1.807, 2.05) is 55.5 Å².